The molecule has 110 valence electrons. The third-order valence-corrected chi connectivity index (χ3v) is 3.00. The van der Waals surface area contributed by atoms with Crippen LogP contribution in [0, 0.1) is 18.6 Å². The van der Waals surface area contributed by atoms with Crippen LogP contribution in [0.15, 0.2) is 30.3 Å². The van der Waals surface area contributed by atoms with Crippen molar-refractivity contribution in [3.8, 4) is 0 Å². The molecular formula is C15H14F2N2O2. The van der Waals surface area contributed by atoms with Crippen LogP contribution in [0.3, 0.4) is 0 Å². The SMILES string of the molecule is COC(=O)c1cc(Nc2cc(F)ccc2F)cc(C)c1N. The van der Waals surface area contributed by atoms with Gasteiger partial charge in [-0.25, -0.2) is 13.6 Å². The second-order valence-electron chi connectivity index (χ2n) is 4.50. The fraction of sp³-hybridized carbons (Fsp3) is 0.133. The number of halogens is 2. The van der Waals surface area contributed by atoms with Crippen LogP contribution in [0.4, 0.5) is 25.8 Å². The van der Waals surface area contributed by atoms with Crippen LogP contribution in [0.25, 0.3) is 0 Å². The number of esters is 1. The molecule has 0 aliphatic carbocycles. The van der Waals surface area contributed by atoms with Crippen molar-refractivity contribution in [2.45, 2.75) is 6.92 Å². The summed E-state index contributed by atoms with van der Waals surface area (Å²) in [6, 6.07) is 6.13. The Kier molecular flexibility index (Phi) is 4.07. The molecule has 2 rings (SSSR count). The molecule has 0 aliphatic rings. The Labute approximate surface area is 120 Å². The molecule has 0 fully saturated rings. The first kappa shape index (κ1) is 14.8. The second-order valence-corrected chi connectivity index (χ2v) is 4.50. The van der Waals surface area contributed by atoms with Gasteiger partial charge in [-0.05, 0) is 36.8 Å². The number of rotatable bonds is 3. The molecule has 0 radical (unpaired) electrons. The minimum atomic E-state index is -0.606. The van der Waals surface area contributed by atoms with Crippen molar-refractivity contribution in [2.75, 3.05) is 18.2 Å². The highest BCUT2D eigenvalue weighted by molar-refractivity contribution is 5.97. The summed E-state index contributed by atoms with van der Waals surface area (Å²) < 4.78 is 31.4. The number of hydrogen-bond acceptors (Lipinski definition) is 4. The monoisotopic (exact) mass is 292 g/mol. The van der Waals surface area contributed by atoms with Crippen LogP contribution < -0.4 is 11.1 Å². The number of hydrogen-bond donors (Lipinski definition) is 2. The highest BCUT2D eigenvalue weighted by Gasteiger charge is 2.14. The number of nitrogens with one attached hydrogen (secondary N) is 1. The van der Waals surface area contributed by atoms with Crippen molar-refractivity contribution >= 4 is 23.0 Å². The van der Waals surface area contributed by atoms with E-state index in [0.29, 0.717) is 11.3 Å². The maximum Gasteiger partial charge on any atom is 0.340 e. The van der Waals surface area contributed by atoms with E-state index in [9.17, 15) is 13.6 Å². The molecule has 2 aromatic rings. The molecular weight excluding hydrogens is 278 g/mol. The van der Waals surface area contributed by atoms with Gasteiger partial charge in [-0.3, -0.25) is 0 Å². The topological polar surface area (TPSA) is 64.3 Å². The molecule has 21 heavy (non-hydrogen) atoms. The Balaban J connectivity index is 2.43. The molecule has 6 heteroatoms. The number of anilines is 3. The summed E-state index contributed by atoms with van der Waals surface area (Å²) in [5.74, 6) is -1.77. The van der Waals surface area contributed by atoms with Crippen LogP contribution in [-0.2, 0) is 4.74 Å². The molecule has 0 heterocycles. The average molecular weight is 292 g/mol. The van der Waals surface area contributed by atoms with Crippen LogP contribution >= 0.6 is 0 Å². The van der Waals surface area contributed by atoms with E-state index in [1.54, 1.807) is 13.0 Å². The van der Waals surface area contributed by atoms with Gasteiger partial charge in [-0.1, -0.05) is 0 Å². The summed E-state index contributed by atoms with van der Waals surface area (Å²) in [6.45, 7) is 1.70. The first-order valence-electron chi connectivity index (χ1n) is 6.13. The molecule has 2 aromatic carbocycles. The highest BCUT2D eigenvalue weighted by atomic mass is 19.1. The van der Waals surface area contributed by atoms with Gasteiger partial charge in [0.05, 0.1) is 18.4 Å². The average Bonchev–Trinajstić information content (AvgIpc) is 2.45. The molecule has 0 unspecified atom stereocenters. The molecule has 0 bridgehead atoms. The van der Waals surface area contributed by atoms with Gasteiger partial charge < -0.3 is 15.8 Å². The Bertz CT molecular complexity index is 702. The molecule has 0 aromatic heterocycles. The van der Waals surface area contributed by atoms with Crippen molar-refractivity contribution in [1.82, 2.24) is 0 Å². The van der Waals surface area contributed by atoms with E-state index in [0.717, 1.165) is 18.2 Å². The van der Waals surface area contributed by atoms with E-state index in [1.165, 1.54) is 13.2 Å². The molecule has 0 atom stereocenters. The fourth-order valence-electron chi connectivity index (χ4n) is 1.90. The maximum absolute atomic E-state index is 13.6. The maximum atomic E-state index is 13.6. The number of nitrogens with two attached hydrogens (primary N) is 1. The van der Waals surface area contributed by atoms with E-state index in [4.69, 9.17) is 5.73 Å². The van der Waals surface area contributed by atoms with Crippen LogP contribution in [0.5, 0.6) is 0 Å². The molecule has 0 saturated carbocycles. The predicted octanol–water partition coefficient (Wildman–Crippen LogP) is 3.39. The third-order valence-electron chi connectivity index (χ3n) is 3.00. The van der Waals surface area contributed by atoms with Crippen molar-refractivity contribution in [2.24, 2.45) is 0 Å². The number of benzene rings is 2. The molecule has 0 spiro atoms. The Hall–Kier alpha value is -2.63. The summed E-state index contributed by atoms with van der Waals surface area (Å²) in [5.41, 5.74) is 7.26. The van der Waals surface area contributed by atoms with Gasteiger partial charge in [0.15, 0.2) is 0 Å². The minimum absolute atomic E-state index is 0.0324. The van der Waals surface area contributed by atoms with Gasteiger partial charge in [0.1, 0.15) is 11.6 Å². The lowest BCUT2D eigenvalue weighted by Gasteiger charge is -2.13. The van der Waals surface area contributed by atoms with Gasteiger partial charge in [0.25, 0.3) is 0 Å². The normalized spacial score (nSPS) is 10.3. The van der Waals surface area contributed by atoms with E-state index < -0.39 is 17.6 Å². The lowest BCUT2D eigenvalue weighted by Crippen LogP contribution is -2.08. The Morgan fingerprint density at radius 3 is 2.62 bits per heavy atom. The lowest BCUT2D eigenvalue weighted by molar-refractivity contribution is 0.0602. The quantitative estimate of drug-likeness (QED) is 0.672. The first-order chi connectivity index (χ1) is 9.92. The number of carbonyl (C=O) groups excluding carboxylic acids is 1. The van der Waals surface area contributed by atoms with E-state index >= 15 is 0 Å². The summed E-state index contributed by atoms with van der Waals surface area (Å²) in [5, 5.41) is 2.72. The van der Waals surface area contributed by atoms with E-state index in [1.807, 2.05) is 0 Å². The lowest BCUT2D eigenvalue weighted by atomic mass is 10.1. The molecule has 3 N–H and O–H groups in total. The number of carbonyl (C=O) groups is 1. The Morgan fingerprint density at radius 2 is 1.95 bits per heavy atom. The third kappa shape index (κ3) is 3.10. The number of nitrogen functional groups attached to an aromatic ring is 1. The van der Waals surface area contributed by atoms with Gasteiger partial charge in [0, 0.05) is 17.4 Å². The molecule has 0 aliphatic heterocycles. The number of aryl methyl sites for hydroxylation is 1. The van der Waals surface area contributed by atoms with E-state index in [2.05, 4.69) is 10.1 Å². The number of ether oxygens (including phenoxy) is 1. The smallest absolute Gasteiger partial charge is 0.340 e. The summed E-state index contributed by atoms with van der Waals surface area (Å²) in [7, 11) is 1.24. The Morgan fingerprint density at radius 1 is 1.24 bits per heavy atom. The van der Waals surface area contributed by atoms with Crippen molar-refractivity contribution in [3.05, 3.63) is 53.1 Å². The second kappa shape index (κ2) is 5.78. The largest absolute Gasteiger partial charge is 0.465 e. The zero-order chi connectivity index (χ0) is 15.6. The van der Waals surface area contributed by atoms with Gasteiger partial charge in [0.2, 0.25) is 0 Å². The van der Waals surface area contributed by atoms with E-state index in [-0.39, 0.29) is 16.9 Å². The van der Waals surface area contributed by atoms with Gasteiger partial charge >= 0.3 is 5.97 Å². The zero-order valence-electron chi connectivity index (χ0n) is 11.5. The minimum Gasteiger partial charge on any atom is -0.465 e. The summed E-state index contributed by atoms with van der Waals surface area (Å²) in [4.78, 5) is 11.6. The van der Waals surface area contributed by atoms with Gasteiger partial charge in [-0.15, -0.1) is 0 Å². The van der Waals surface area contributed by atoms with Crippen LogP contribution in [0.1, 0.15) is 15.9 Å². The van der Waals surface area contributed by atoms with Crippen LogP contribution in [-0.4, -0.2) is 13.1 Å². The van der Waals surface area contributed by atoms with Crippen molar-refractivity contribution in [1.29, 1.82) is 0 Å². The molecule has 0 saturated heterocycles. The predicted molar refractivity (Wildman–Crippen MR) is 76.6 cm³/mol. The molecule has 4 nitrogen and oxygen atoms in total. The standard InChI is InChI=1S/C15H14F2N2O2/c1-8-5-10(7-11(14(8)18)15(20)21-2)19-13-6-9(16)3-4-12(13)17/h3-7,19H,18H2,1-2H3. The first-order valence-corrected chi connectivity index (χ1v) is 6.13. The van der Waals surface area contributed by atoms with Gasteiger partial charge in [-0.2, -0.15) is 0 Å². The van der Waals surface area contributed by atoms with Crippen LogP contribution in [0.2, 0.25) is 0 Å². The summed E-state index contributed by atoms with van der Waals surface area (Å²) in [6.07, 6.45) is 0. The van der Waals surface area contributed by atoms with Crippen molar-refractivity contribution < 1.29 is 18.3 Å². The van der Waals surface area contributed by atoms with Crippen molar-refractivity contribution in [3.63, 3.8) is 0 Å². The summed E-state index contributed by atoms with van der Waals surface area (Å²) >= 11 is 0. The highest BCUT2D eigenvalue weighted by Crippen LogP contribution is 2.27. The molecule has 0 amide bonds. The zero-order valence-corrected chi connectivity index (χ0v) is 11.5. The number of methoxy groups -OCH3 is 1. The fourth-order valence-corrected chi connectivity index (χ4v) is 1.90.